The first-order valence-corrected chi connectivity index (χ1v) is 7.34. The first-order chi connectivity index (χ1) is 8.74. The first-order valence-electron chi connectivity index (χ1n) is 5.97. The smallest absolute Gasteiger partial charge is 0.397 e. The average Bonchev–Trinajstić information content (AvgIpc) is 2.14. The minimum atomic E-state index is -4.17. The van der Waals surface area contributed by atoms with Crippen LogP contribution in [0.25, 0.3) is 0 Å². The molecule has 0 aromatic rings. The van der Waals surface area contributed by atoms with E-state index in [1.165, 1.54) is 6.92 Å². The summed E-state index contributed by atoms with van der Waals surface area (Å²) in [5, 5.41) is 0. The summed E-state index contributed by atoms with van der Waals surface area (Å²) < 4.78 is 35.2. The van der Waals surface area contributed by atoms with Gasteiger partial charge in [0.05, 0.1) is 13.2 Å². The van der Waals surface area contributed by atoms with E-state index in [9.17, 15) is 13.2 Å². The molecule has 0 unspecified atom stereocenters. The Balaban J connectivity index is -0.000000223. The molecule has 20 heavy (non-hydrogen) atoms. The van der Waals surface area contributed by atoms with Crippen molar-refractivity contribution >= 4 is 16.4 Å². The van der Waals surface area contributed by atoms with Gasteiger partial charge in [0, 0.05) is 11.1 Å². The molecule has 0 aliphatic carbocycles. The van der Waals surface area contributed by atoms with Gasteiger partial charge >= 0.3 is 16.4 Å². The quantitative estimate of drug-likeness (QED) is 0.461. The summed E-state index contributed by atoms with van der Waals surface area (Å²) in [6.45, 7) is 14.5. The lowest BCUT2D eigenvalue weighted by molar-refractivity contribution is -0.138. The highest BCUT2D eigenvalue weighted by Gasteiger charge is 1.98. The summed E-state index contributed by atoms with van der Waals surface area (Å²) in [6.07, 6.45) is 0. The maximum Gasteiger partial charge on any atom is 0.397 e. The highest BCUT2D eigenvalue weighted by atomic mass is 32.3. The maximum absolute atomic E-state index is 10.4. The Morgan fingerprint density at radius 2 is 1.60 bits per heavy atom. The fourth-order valence-electron chi connectivity index (χ4n) is 0.403. The van der Waals surface area contributed by atoms with Gasteiger partial charge < -0.3 is 10.5 Å². The molecule has 8 heteroatoms. The summed E-state index contributed by atoms with van der Waals surface area (Å²) in [4.78, 5) is 10.4. The van der Waals surface area contributed by atoms with Crippen LogP contribution in [0.5, 0.6) is 0 Å². The van der Waals surface area contributed by atoms with Crippen LogP contribution >= 0.6 is 0 Å². The largest absolute Gasteiger partial charge is 0.463 e. The molecular formula is C12H27NO6S. The topological polar surface area (TPSA) is 116 Å². The molecule has 3 N–H and O–H groups in total. The Hall–Kier alpha value is -0.960. The van der Waals surface area contributed by atoms with Gasteiger partial charge in [0.1, 0.15) is 0 Å². The van der Waals surface area contributed by atoms with Crippen LogP contribution in [0.2, 0.25) is 0 Å². The fourth-order valence-corrected chi connectivity index (χ4v) is 0.701. The minimum absolute atomic E-state index is 0. The van der Waals surface area contributed by atoms with E-state index in [2.05, 4.69) is 15.5 Å². The van der Waals surface area contributed by atoms with Crippen LogP contribution < -0.4 is 5.73 Å². The van der Waals surface area contributed by atoms with E-state index in [1.54, 1.807) is 13.8 Å². The number of rotatable bonds is 4. The van der Waals surface area contributed by atoms with Gasteiger partial charge in [-0.05, 0) is 41.5 Å². The van der Waals surface area contributed by atoms with Gasteiger partial charge in [-0.25, -0.2) is 8.98 Å². The number of nitrogens with two attached hydrogens (primary N) is 1. The monoisotopic (exact) mass is 313 g/mol. The molecule has 0 aromatic carbocycles. The molecule has 0 aliphatic rings. The molecule has 0 radical (unpaired) electrons. The molecule has 0 saturated carbocycles. The van der Waals surface area contributed by atoms with Gasteiger partial charge in [-0.3, -0.25) is 4.55 Å². The van der Waals surface area contributed by atoms with E-state index in [0.717, 1.165) is 0 Å². The number of esters is 1. The molecule has 0 aromatic heterocycles. The molecule has 0 spiro atoms. The molecule has 0 bridgehead atoms. The molecular weight excluding hydrogens is 286 g/mol. The summed E-state index contributed by atoms with van der Waals surface area (Å²) in [5.74, 6) is -0.312. The lowest BCUT2D eigenvalue weighted by atomic mass is 10.1. The lowest BCUT2D eigenvalue weighted by Gasteiger charge is -2.06. The fraction of sp³-hybridized carbons (Fsp3) is 0.750. The zero-order valence-corrected chi connectivity index (χ0v) is 13.9. The second kappa shape index (κ2) is 11.8. The molecule has 0 amide bonds. The van der Waals surface area contributed by atoms with Crippen molar-refractivity contribution in [1.29, 1.82) is 0 Å². The molecule has 0 fully saturated rings. The lowest BCUT2D eigenvalue weighted by Crippen LogP contribution is -2.26. The van der Waals surface area contributed by atoms with Gasteiger partial charge in [-0.15, -0.1) is 0 Å². The summed E-state index contributed by atoms with van der Waals surface area (Å²) in [7, 11) is -4.17. The molecule has 0 heterocycles. The van der Waals surface area contributed by atoms with Crippen LogP contribution in [-0.4, -0.2) is 37.7 Å². The third kappa shape index (κ3) is 43.5. The molecule has 0 aliphatic heterocycles. The Kier molecular flexibility index (Phi) is 14.2. The van der Waals surface area contributed by atoms with E-state index in [1.807, 2.05) is 20.8 Å². The van der Waals surface area contributed by atoms with Gasteiger partial charge in [0.25, 0.3) is 0 Å². The van der Waals surface area contributed by atoms with Crippen LogP contribution in [0.1, 0.15) is 41.5 Å². The summed E-state index contributed by atoms with van der Waals surface area (Å²) >= 11 is 0. The first kappa shape index (κ1) is 24.1. The van der Waals surface area contributed by atoms with Crippen LogP contribution in [-0.2, 0) is 24.1 Å². The van der Waals surface area contributed by atoms with Crippen LogP contribution in [0, 0.1) is 0 Å². The zero-order valence-electron chi connectivity index (χ0n) is 13.1. The Labute approximate surface area is 122 Å². The van der Waals surface area contributed by atoms with E-state index in [4.69, 9.17) is 10.3 Å². The Bertz CT molecular complexity index is 364. The van der Waals surface area contributed by atoms with Crippen LogP contribution in [0.4, 0.5) is 0 Å². The normalized spacial score (nSPS) is 10.4. The van der Waals surface area contributed by atoms with E-state index in [-0.39, 0.29) is 18.1 Å². The van der Waals surface area contributed by atoms with Gasteiger partial charge in [-0.1, -0.05) is 6.58 Å². The SMILES string of the molecule is C=C(C)C(=O)OCC.CC(C)(C)N.CCOS(=O)(=O)O. The van der Waals surface area contributed by atoms with E-state index >= 15 is 0 Å². The maximum atomic E-state index is 10.4. The molecule has 122 valence electrons. The third-order valence-corrected chi connectivity index (χ3v) is 1.42. The predicted molar refractivity (Wildman–Crippen MR) is 78.6 cm³/mol. The third-order valence-electron chi connectivity index (χ3n) is 0.891. The summed E-state index contributed by atoms with van der Waals surface area (Å²) in [5.41, 5.74) is 5.80. The molecule has 0 atom stereocenters. The van der Waals surface area contributed by atoms with Gasteiger partial charge in [-0.2, -0.15) is 8.42 Å². The molecule has 7 nitrogen and oxygen atoms in total. The standard InChI is InChI=1S/C6H10O2.C4H11N.C2H6O4S/c1-4-8-6(7)5(2)3;1-4(2,3)5;1-2-6-7(3,4)5/h2,4H2,1,3H3;5H2,1-3H3;2H2,1H3,(H,3,4,5). The van der Waals surface area contributed by atoms with Gasteiger partial charge in [0.2, 0.25) is 0 Å². The summed E-state index contributed by atoms with van der Waals surface area (Å²) in [6, 6.07) is 0. The van der Waals surface area contributed by atoms with Crippen molar-refractivity contribution in [3.63, 3.8) is 0 Å². The van der Waals surface area contributed by atoms with E-state index < -0.39 is 10.4 Å². The number of carbonyl (C=O) groups is 1. The highest BCUT2D eigenvalue weighted by molar-refractivity contribution is 7.80. The van der Waals surface area contributed by atoms with Gasteiger partial charge in [0.15, 0.2) is 0 Å². The van der Waals surface area contributed by atoms with Crippen LogP contribution in [0.15, 0.2) is 12.2 Å². The Morgan fingerprint density at radius 3 is 1.65 bits per heavy atom. The van der Waals surface area contributed by atoms with Crippen molar-refractivity contribution in [2.45, 2.75) is 47.1 Å². The van der Waals surface area contributed by atoms with Crippen molar-refractivity contribution in [3.05, 3.63) is 12.2 Å². The van der Waals surface area contributed by atoms with Crippen LogP contribution in [0.3, 0.4) is 0 Å². The predicted octanol–water partition coefficient (Wildman–Crippen LogP) is 1.69. The van der Waals surface area contributed by atoms with Crippen molar-refractivity contribution in [1.82, 2.24) is 0 Å². The second-order valence-electron chi connectivity index (χ2n) is 4.70. The number of hydrogen-bond donors (Lipinski definition) is 2. The minimum Gasteiger partial charge on any atom is -0.463 e. The number of carbonyl (C=O) groups excluding carboxylic acids is 1. The van der Waals surface area contributed by atoms with Crippen molar-refractivity contribution in [2.24, 2.45) is 5.73 Å². The second-order valence-corrected chi connectivity index (χ2v) is 5.79. The average molecular weight is 313 g/mol. The number of ether oxygens (including phenoxy) is 1. The highest BCUT2D eigenvalue weighted by Crippen LogP contribution is 1.89. The molecule has 0 rings (SSSR count). The Morgan fingerprint density at radius 1 is 1.25 bits per heavy atom. The zero-order chi connectivity index (χ0) is 17.0. The number of hydrogen-bond acceptors (Lipinski definition) is 6. The molecule has 0 saturated heterocycles. The van der Waals surface area contributed by atoms with Crippen molar-refractivity contribution < 1.29 is 26.7 Å². The van der Waals surface area contributed by atoms with E-state index in [0.29, 0.717) is 12.2 Å². The van der Waals surface area contributed by atoms with Crippen molar-refractivity contribution in [2.75, 3.05) is 13.2 Å². The van der Waals surface area contributed by atoms with Crippen molar-refractivity contribution in [3.8, 4) is 0 Å².